The Labute approximate surface area is 115 Å². The van der Waals surface area contributed by atoms with Crippen molar-refractivity contribution < 1.29 is 4.74 Å². The van der Waals surface area contributed by atoms with Gasteiger partial charge in [0.1, 0.15) is 10.7 Å². The smallest absolute Gasteiger partial charge is 0.147 e. The van der Waals surface area contributed by atoms with Gasteiger partial charge >= 0.3 is 0 Å². The molecule has 0 saturated heterocycles. The van der Waals surface area contributed by atoms with Crippen LogP contribution in [-0.4, -0.2) is 16.6 Å². The molecule has 0 aromatic carbocycles. The Hall–Kier alpha value is -1.16. The van der Waals surface area contributed by atoms with E-state index >= 15 is 0 Å². The highest BCUT2D eigenvalue weighted by Crippen LogP contribution is 2.16. The van der Waals surface area contributed by atoms with Crippen molar-refractivity contribution in [3.8, 4) is 5.75 Å². The highest BCUT2D eigenvalue weighted by molar-refractivity contribution is 7.80. The molecule has 0 spiro atoms. The van der Waals surface area contributed by atoms with Gasteiger partial charge in [-0.25, -0.2) is 0 Å². The topological polar surface area (TPSA) is 48.1 Å². The lowest BCUT2D eigenvalue weighted by Gasteiger charge is -2.09. The molecule has 0 bridgehead atoms. The monoisotopic (exact) mass is 266 g/mol. The van der Waals surface area contributed by atoms with Crippen molar-refractivity contribution in [2.24, 2.45) is 5.73 Å². The Bertz CT molecular complexity index is 369. The van der Waals surface area contributed by atoms with Gasteiger partial charge in [0.15, 0.2) is 0 Å². The van der Waals surface area contributed by atoms with E-state index in [0.29, 0.717) is 17.3 Å². The van der Waals surface area contributed by atoms with Gasteiger partial charge in [-0.3, -0.25) is 4.98 Å². The van der Waals surface area contributed by atoms with E-state index in [1.54, 1.807) is 18.5 Å². The Morgan fingerprint density at radius 3 is 2.72 bits per heavy atom. The van der Waals surface area contributed by atoms with Crippen LogP contribution in [0.2, 0.25) is 0 Å². The van der Waals surface area contributed by atoms with Crippen molar-refractivity contribution in [2.45, 2.75) is 45.4 Å². The fraction of sp³-hybridized carbons (Fsp3) is 0.571. The van der Waals surface area contributed by atoms with Crippen LogP contribution in [0.25, 0.3) is 0 Å². The van der Waals surface area contributed by atoms with E-state index in [0.717, 1.165) is 12.0 Å². The van der Waals surface area contributed by atoms with E-state index in [1.165, 1.54) is 32.1 Å². The number of ether oxygens (including phenoxy) is 1. The minimum atomic E-state index is 0.357. The Balaban J connectivity index is 2.25. The number of thiocarbonyl (C=S) groups is 1. The third-order valence-electron chi connectivity index (χ3n) is 2.81. The molecule has 0 unspecified atom stereocenters. The fourth-order valence-electron chi connectivity index (χ4n) is 1.76. The minimum absolute atomic E-state index is 0.357. The van der Waals surface area contributed by atoms with Gasteiger partial charge in [0.05, 0.1) is 18.4 Å². The van der Waals surface area contributed by atoms with Gasteiger partial charge in [-0.1, -0.05) is 51.2 Å². The molecule has 1 aromatic heterocycles. The first-order chi connectivity index (χ1) is 8.75. The van der Waals surface area contributed by atoms with E-state index in [-0.39, 0.29) is 0 Å². The first kappa shape index (κ1) is 14.9. The summed E-state index contributed by atoms with van der Waals surface area (Å²) in [6.45, 7) is 2.93. The SMILES string of the molecule is CCCCCCCCOc1cnccc1C(N)=S. The molecule has 18 heavy (non-hydrogen) atoms. The van der Waals surface area contributed by atoms with Gasteiger partial charge in [-0.15, -0.1) is 0 Å². The van der Waals surface area contributed by atoms with Crippen molar-refractivity contribution in [2.75, 3.05) is 6.61 Å². The Morgan fingerprint density at radius 2 is 2.00 bits per heavy atom. The third-order valence-corrected chi connectivity index (χ3v) is 3.03. The molecule has 0 atom stereocenters. The molecule has 0 saturated carbocycles. The van der Waals surface area contributed by atoms with Crippen molar-refractivity contribution >= 4 is 17.2 Å². The van der Waals surface area contributed by atoms with Crippen molar-refractivity contribution in [1.29, 1.82) is 0 Å². The van der Waals surface area contributed by atoms with Crippen LogP contribution >= 0.6 is 12.2 Å². The van der Waals surface area contributed by atoms with E-state index in [9.17, 15) is 0 Å². The molecule has 100 valence electrons. The molecule has 1 aromatic rings. The zero-order valence-corrected chi connectivity index (χ0v) is 11.8. The number of nitrogens with zero attached hydrogens (tertiary/aromatic N) is 1. The molecule has 1 rings (SSSR count). The highest BCUT2D eigenvalue weighted by atomic mass is 32.1. The quantitative estimate of drug-likeness (QED) is 0.549. The van der Waals surface area contributed by atoms with E-state index in [1.807, 2.05) is 0 Å². The second-order valence-corrected chi connectivity index (χ2v) is 4.79. The summed E-state index contributed by atoms with van der Waals surface area (Å²) in [6.07, 6.45) is 10.8. The lowest BCUT2D eigenvalue weighted by molar-refractivity contribution is 0.303. The standard InChI is InChI=1S/C14H22N2OS/c1-2-3-4-5-6-7-10-17-13-11-16-9-8-12(13)14(15)18/h8-9,11H,2-7,10H2,1H3,(H2,15,18). The summed E-state index contributed by atoms with van der Waals surface area (Å²) < 4.78 is 5.67. The summed E-state index contributed by atoms with van der Waals surface area (Å²) in [4.78, 5) is 4.38. The minimum Gasteiger partial charge on any atom is -0.491 e. The van der Waals surface area contributed by atoms with Gasteiger partial charge < -0.3 is 10.5 Å². The van der Waals surface area contributed by atoms with E-state index < -0.39 is 0 Å². The summed E-state index contributed by atoms with van der Waals surface area (Å²) in [5, 5.41) is 0. The number of hydrogen-bond acceptors (Lipinski definition) is 3. The lowest BCUT2D eigenvalue weighted by atomic mass is 10.1. The van der Waals surface area contributed by atoms with Gasteiger partial charge in [0, 0.05) is 6.20 Å². The number of aromatic nitrogens is 1. The zero-order valence-electron chi connectivity index (χ0n) is 11.0. The summed E-state index contributed by atoms with van der Waals surface area (Å²) in [7, 11) is 0. The van der Waals surface area contributed by atoms with Crippen LogP contribution in [0.3, 0.4) is 0 Å². The molecule has 0 fully saturated rings. The maximum Gasteiger partial charge on any atom is 0.147 e. The van der Waals surface area contributed by atoms with Gasteiger partial charge in [0.2, 0.25) is 0 Å². The van der Waals surface area contributed by atoms with Gasteiger partial charge in [-0.2, -0.15) is 0 Å². The van der Waals surface area contributed by atoms with Crippen LogP contribution in [0.5, 0.6) is 5.75 Å². The predicted molar refractivity (Wildman–Crippen MR) is 79.0 cm³/mol. The average Bonchev–Trinajstić information content (AvgIpc) is 2.38. The average molecular weight is 266 g/mol. The normalized spacial score (nSPS) is 10.3. The fourth-order valence-corrected chi connectivity index (χ4v) is 1.93. The second kappa shape index (κ2) is 8.86. The van der Waals surface area contributed by atoms with Crippen LogP contribution in [-0.2, 0) is 0 Å². The number of rotatable bonds is 9. The molecule has 0 radical (unpaired) electrons. The molecular formula is C14H22N2OS. The van der Waals surface area contributed by atoms with Crippen LogP contribution in [0.4, 0.5) is 0 Å². The van der Waals surface area contributed by atoms with Crippen LogP contribution in [0.15, 0.2) is 18.5 Å². The zero-order chi connectivity index (χ0) is 13.2. The molecule has 0 aliphatic heterocycles. The van der Waals surface area contributed by atoms with Crippen molar-refractivity contribution in [1.82, 2.24) is 4.98 Å². The van der Waals surface area contributed by atoms with Crippen LogP contribution in [0.1, 0.15) is 51.0 Å². The molecule has 1 heterocycles. The van der Waals surface area contributed by atoms with Gasteiger partial charge in [-0.05, 0) is 12.5 Å². The molecule has 0 aliphatic carbocycles. The highest BCUT2D eigenvalue weighted by Gasteiger charge is 2.05. The van der Waals surface area contributed by atoms with Crippen LogP contribution < -0.4 is 10.5 Å². The maximum absolute atomic E-state index is 5.67. The summed E-state index contributed by atoms with van der Waals surface area (Å²) in [5.74, 6) is 0.693. The Morgan fingerprint density at radius 1 is 1.28 bits per heavy atom. The lowest BCUT2D eigenvalue weighted by Crippen LogP contribution is -2.12. The summed E-state index contributed by atoms with van der Waals surface area (Å²) in [6, 6.07) is 1.79. The van der Waals surface area contributed by atoms with E-state index in [2.05, 4.69) is 11.9 Å². The first-order valence-electron chi connectivity index (χ1n) is 6.62. The third kappa shape index (κ3) is 5.45. The number of unbranched alkanes of at least 4 members (excludes halogenated alkanes) is 5. The Kier molecular flexibility index (Phi) is 7.34. The number of pyridine rings is 1. The molecule has 4 heteroatoms. The summed E-state index contributed by atoms with van der Waals surface area (Å²) in [5.41, 5.74) is 6.39. The van der Waals surface area contributed by atoms with Crippen LogP contribution in [0, 0.1) is 0 Å². The maximum atomic E-state index is 5.67. The van der Waals surface area contributed by atoms with Gasteiger partial charge in [0.25, 0.3) is 0 Å². The molecule has 0 amide bonds. The van der Waals surface area contributed by atoms with Crippen molar-refractivity contribution in [3.05, 3.63) is 24.0 Å². The largest absolute Gasteiger partial charge is 0.491 e. The molecular weight excluding hydrogens is 244 g/mol. The molecule has 2 N–H and O–H groups in total. The predicted octanol–water partition coefficient (Wildman–Crippen LogP) is 3.46. The van der Waals surface area contributed by atoms with E-state index in [4.69, 9.17) is 22.7 Å². The number of hydrogen-bond donors (Lipinski definition) is 1. The molecule has 0 aliphatic rings. The first-order valence-corrected chi connectivity index (χ1v) is 7.03. The summed E-state index contributed by atoms with van der Waals surface area (Å²) >= 11 is 4.97. The van der Waals surface area contributed by atoms with Crippen molar-refractivity contribution in [3.63, 3.8) is 0 Å². The molecule has 3 nitrogen and oxygen atoms in total. The number of nitrogens with two attached hydrogens (primary N) is 1. The second-order valence-electron chi connectivity index (χ2n) is 4.35.